The average Bonchev–Trinajstić information content (AvgIpc) is 2.35. The summed E-state index contributed by atoms with van der Waals surface area (Å²) in [5.74, 6) is 1.05. The summed E-state index contributed by atoms with van der Waals surface area (Å²) in [5.41, 5.74) is 7.08. The molecule has 4 nitrogen and oxygen atoms in total. The number of halogens is 3. The molecular weight excluding hydrogens is 333 g/mol. The van der Waals surface area contributed by atoms with Crippen molar-refractivity contribution in [2.75, 3.05) is 5.73 Å². The minimum atomic E-state index is 0.309. The molecule has 0 unspecified atom stereocenters. The van der Waals surface area contributed by atoms with E-state index in [0.29, 0.717) is 38.4 Å². The first-order chi connectivity index (χ1) is 10.0. The lowest BCUT2D eigenvalue weighted by Crippen LogP contribution is -2.10. The smallest absolute Gasteiger partial charge is 0.239 e. The number of nitrogen functional groups attached to an aromatic ring is 1. The highest BCUT2D eigenvalue weighted by Gasteiger charge is 2.24. The first-order valence-electron chi connectivity index (χ1n) is 6.50. The van der Waals surface area contributed by atoms with Crippen LogP contribution in [0.4, 0.5) is 5.69 Å². The van der Waals surface area contributed by atoms with Crippen LogP contribution in [0.1, 0.15) is 30.7 Å². The van der Waals surface area contributed by atoms with Gasteiger partial charge in [0, 0.05) is 11.8 Å². The normalized spacial score (nSPS) is 14.8. The van der Waals surface area contributed by atoms with E-state index in [1.807, 2.05) is 0 Å². The monoisotopic (exact) mass is 343 g/mol. The second-order valence-electron chi connectivity index (χ2n) is 4.97. The summed E-state index contributed by atoms with van der Waals surface area (Å²) < 4.78 is 5.66. The molecule has 1 aliphatic rings. The lowest BCUT2D eigenvalue weighted by Gasteiger charge is -2.26. The number of nitrogens with zero attached hydrogens (tertiary/aromatic N) is 2. The van der Waals surface area contributed by atoms with Crippen LogP contribution in [0, 0.1) is 0 Å². The van der Waals surface area contributed by atoms with Gasteiger partial charge in [0.25, 0.3) is 0 Å². The summed E-state index contributed by atoms with van der Waals surface area (Å²) in [7, 11) is 0. The van der Waals surface area contributed by atoms with Crippen LogP contribution in [0.2, 0.25) is 15.2 Å². The third-order valence-corrected chi connectivity index (χ3v) is 4.38. The third kappa shape index (κ3) is 3.03. The Hall–Kier alpha value is -1.23. The fourth-order valence-electron chi connectivity index (χ4n) is 2.21. The number of hydrogen-bond acceptors (Lipinski definition) is 4. The Morgan fingerprint density at radius 2 is 1.71 bits per heavy atom. The first-order valence-corrected chi connectivity index (χ1v) is 7.63. The molecule has 0 aliphatic heterocycles. The Balaban J connectivity index is 1.92. The number of benzene rings is 1. The Labute approximate surface area is 137 Å². The topological polar surface area (TPSA) is 61.0 Å². The van der Waals surface area contributed by atoms with Gasteiger partial charge < -0.3 is 10.5 Å². The van der Waals surface area contributed by atoms with Gasteiger partial charge in [-0.15, -0.1) is 10.2 Å². The van der Waals surface area contributed by atoms with E-state index in [0.717, 1.165) is 18.4 Å². The molecule has 1 fully saturated rings. The van der Waals surface area contributed by atoms with Gasteiger partial charge in [0.05, 0.1) is 10.0 Å². The van der Waals surface area contributed by atoms with Gasteiger partial charge in [0.15, 0.2) is 10.9 Å². The molecule has 0 spiro atoms. The van der Waals surface area contributed by atoms with E-state index in [2.05, 4.69) is 10.2 Å². The molecule has 0 saturated heterocycles. The molecule has 0 bridgehead atoms. The second-order valence-corrected chi connectivity index (χ2v) is 6.14. The van der Waals surface area contributed by atoms with E-state index >= 15 is 0 Å². The predicted octanol–water partition coefficient (Wildman–Crippen LogP) is 5.08. The van der Waals surface area contributed by atoms with Crippen LogP contribution < -0.4 is 10.5 Å². The number of hydrogen-bond donors (Lipinski definition) is 1. The molecule has 110 valence electrons. The molecule has 2 aromatic rings. The number of rotatable bonds is 3. The van der Waals surface area contributed by atoms with Crippen LogP contribution >= 0.6 is 34.8 Å². The maximum Gasteiger partial charge on any atom is 0.239 e. The molecular formula is C14H12Cl3N3O. The van der Waals surface area contributed by atoms with Crippen molar-refractivity contribution in [3.8, 4) is 11.6 Å². The quantitative estimate of drug-likeness (QED) is 0.789. The van der Waals surface area contributed by atoms with E-state index in [1.54, 1.807) is 18.2 Å². The minimum Gasteiger partial charge on any atom is -0.434 e. The Morgan fingerprint density at radius 3 is 2.29 bits per heavy atom. The van der Waals surface area contributed by atoms with Crippen molar-refractivity contribution >= 4 is 40.5 Å². The molecule has 1 heterocycles. The fourth-order valence-corrected chi connectivity index (χ4v) is 3.04. The Kier molecular flexibility index (Phi) is 4.11. The molecule has 7 heteroatoms. The summed E-state index contributed by atoms with van der Waals surface area (Å²) in [6.07, 6.45) is 3.41. The molecule has 1 aromatic carbocycles. The number of anilines is 1. The third-order valence-electron chi connectivity index (χ3n) is 3.53. The molecule has 1 saturated carbocycles. The highest BCUT2D eigenvalue weighted by molar-refractivity contribution is 6.37. The second kappa shape index (κ2) is 5.87. The molecule has 0 atom stereocenters. The largest absolute Gasteiger partial charge is 0.434 e. The van der Waals surface area contributed by atoms with Crippen molar-refractivity contribution in [2.24, 2.45) is 0 Å². The van der Waals surface area contributed by atoms with E-state index in [-0.39, 0.29) is 0 Å². The van der Waals surface area contributed by atoms with Crippen molar-refractivity contribution in [3.63, 3.8) is 0 Å². The lowest BCUT2D eigenvalue weighted by atomic mass is 9.81. The van der Waals surface area contributed by atoms with Crippen LogP contribution in [0.15, 0.2) is 18.2 Å². The predicted molar refractivity (Wildman–Crippen MR) is 84.6 cm³/mol. The zero-order valence-electron chi connectivity index (χ0n) is 10.9. The fraction of sp³-hybridized carbons (Fsp3) is 0.286. The molecule has 0 amide bonds. The Bertz CT molecular complexity index is 666. The van der Waals surface area contributed by atoms with Crippen molar-refractivity contribution in [2.45, 2.75) is 25.2 Å². The van der Waals surface area contributed by atoms with Crippen LogP contribution in [-0.4, -0.2) is 10.2 Å². The summed E-state index contributed by atoms with van der Waals surface area (Å²) in [6, 6.07) is 4.93. The van der Waals surface area contributed by atoms with Gasteiger partial charge in [-0.2, -0.15) is 0 Å². The van der Waals surface area contributed by atoms with E-state index in [1.165, 1.54) is 6.42 Å². The van der Waals surface area contributed by atoms with Gasteiger partial charge >= 0.3 is 0 Å². The van der Waals surface area contributed by atoms with Gasteiger partial charge in [0.1, 0.15) is 0 Å². The maximum atomic E-state index is 6.09. The Morgan fingerprint density at radius 1 is 1.05 bits per heavy atom. The van der Waals surface area contributed by atoms with Crippen molar-refractivity contribution < 1.29 is 4.74 Å². The zero-order chi connectivity index (χ0) is 15.0. The van der Waals surface area contributed by atoms with Gasteiger partial charge in [-0.25, -0.2) is 0 Å². The molecule has 1 aliphatic carbocycles. The van der Waals surface area contributed by atoms with Crippen LogP contribution in [0.25, 0.3) is 0 Å². The summed E-state index contributed by atoms with van der Waals surface area (Å²) in [6.45, 7) is 0. The van der Waals surface area contributed by atoms with Gasteiger partial charge in [-0.3, -0.25) is 0 Å². The minimum absolute atomic E-state index is 0.309. The molecule has 21 heavy (non-hydrogen) atoms. The van der Waals surface area contributed by atoms with Crippen molar-refractivity contribution in [3.05, 3.63) is 39.0 Å². The summed E-state index contributed by atoms with van der Waals surface area (Å²) in [4.78, 5) is 0. The van der Waals surface area contributed by atoms with E-state index in [9.17, 15) is 0 Å². The van der Waals surface area contributed by atoms with E-state index < -0.39 is 0 Å². The average molecular weight is 345 g/mol. The van der Waals surface area contributed by atoms with Crippen LogP contribution in [0.3, 0.4) is 0 Å². The van der Waals surface area contributed by atoms with Gasteiger partial charge in [0.2, 0.25) is 5.88 Å². The number of ether oxygens (including phenoxy) is 1. The zero-order valence-corrected chi connectivity index (χ0v) is 13.2. The van der Waals surface area contributed by atoms with Gasteiger partial charge in [-0.1, -0.05) is 41.2 Å². The van der Waals surface area contributed by atoms with Crippen molar-refractivity contribution in [1.29, 1.82) is 0 Å². The first kappa shape index (κ1) is 14.7. The van der Waals surface area contributed by atoms with Crippen LogP contribution in [0.5, 0.6) is 11.6 Å². The van der Waals surface area contributed by atoms with Gasteiger partial charge in [-0.05, 0) is 36.5 Å². The highest BCUT2D eigenvalue weighted by atomic mass is 35.5. The standard InChI is InChI=1S/C14H12Cl3N3O/c15-10-4-8(18)5-11(16)13(10)21-12-6-9(7-2-1-3-7)14(17)20-19-12/h4-7H,1-3,18H2. The lowest BCUT2D eigenvalue weighted by molar-refractivity contribution is 0.410. The summed E-state index contributed by atoms with van der Waals surface area (Å²) in [5, 5.41) is 8.92. The van der Waals surface area contributed by atoms with E-state index in [4.69, 9.17) is 45.3 Å². The maximum absolute atomic E-state index is 6.09. The molecule has 3 rings (SSSR count). The summed E-state index contributed by atoms with van der Waals surface area (Å²) >= 11 is 18.3. The van der Waals surface area contributed by atoms with Crippen LogP contribution in [-0.2, 0) is 0 Å². The number of aromatic nitrogens is 2. The molecule has 0 radical (unpaired) electrons. The number of nitrogens with two attached hydrogens (primary N) is 1. The SMILES string of the molecule is Nc1cc(Cl)c(Oc2cc(C3CCC3)c(Cl)nn2)c(Cl)c1. The molecule has 1 aromatic heterocycles. The van der Waals surface area contributed by atoms with Crippen molar-refractivity contribution in [1.82, 2.24) is 10.2 Å². The highest BCUT2D eigenvalue weighted by Crippen LogP contribution is 2.41. The molecule has 2 N–H and O–H groups in total.